The van der Waals surface area contributed by atoms with Gasteiger partial charge < -0.3 is 22.1 Å². The molecule has 0 heterocycles. The Bertz CT molecular complexity index is 461. The minimum Gasteiger partial charge on any atom is -0.370 e. The number of amides is 4. The van der Waals surface area contributed by atoms with E-state index in [1.807, 2.05) is 30.3 Å². The molecule has 102 valence electrons. The van der Waals surface area contributed by atoms with Crippen molar-refractivity contribution >= 4 is 17.8 Å². The van der Waals surface area contributed by atoms with Crippen molar-refractivity contribution in [2.75, 3.05) is 0 Å². The monoisotopic (exact) mass is 264 g/mol. The van der Waals surface area contributed by atoms with Gasteiger partial charge in [0.25, 0.3) is 0 Å². The van der Waals surface area contributed by atoms with Crippen LogP contribution in [0, 0.1) is 0 Å². The van der Waals surface area contributed by atoms with Crippen molar-refractivity contribution in [1.82, 2.24) is 10.6 Å². The first-order valence-electron chi connectivity index (χ1n) is 5.65. The zero-order valence-electron chi connectivity index (χ0n) is 10.3. The molecular formula is C12H16N4O3. The summed E-state index contributed by atoms with van der Waals surface area (Å²) >= 11 is 0. The van der Waals surface area contributed by atoms with Gasteiger partial charge >= 0.3 is 6.03 Å². The van der Waals surface area contributed by atoms with Gasteiger partial charge in [-0.05, 0) is 5.56 Å². The van der Waals surface area contributed by atoms with Gasteiger partial charge in [0.2, 0.25) is 11.8 Å². The van der Waals surface area contributed by atoms with E-state index in [1.165, 1.54) is 0 Å². The van der Waals surface area contributed by atoms with E-state index in [1.54, 1.807) is 0 Å². The first kappa shape index (κ1) is 14.5. The Hall–Kier alpha value is -2.57. The third kappa shape index (κ3) is 5.53. The van der Waals surface area contributed by atoms with E-state index in [0.717, 1.165) is 5.56 Å². The highest BCUT2D eigenvalue weighted by Crippen LogP contribution is 1.97. The highest BCUT2D eigenvalue weighted by Gasteiger charge is 2.19. The van der Waals surface area contributed by atoms with Gasteiger partial charge in [-0.1, -0.05) is 30.3 Å². The summed E-state index contributed by atoms with van der Waals surface area (Å²) < 4.78 is 0. The Morgan fingerprint density at radius 2 is 1.74 bits per heavy atom. The molecule has 0 saturated heterocycles. The summed E-state index contributed by atoms with van der Waals surface area (Å²) in [5.41, 5.74) is 10.9. The number of urea groups is 1. The minimum atomic E-state index is -1.10. The molecule has 7 heteroatoms. The van der Waals surface area contributed by atoms with Gasteiger partial charge in [0.05, 0.1) is 6.42 Å². The number of carbonyl (C=O) groups excluding carboxylic acids is 3. The number of nitrogens with two attached hydrogens (primary N) is 2. The smallest absolute Gasteiger partial charge is 0.315 e. The van der Waals surface area contributed by atoms with Crippen molar-refractivity contribution in [1.29, 1.82) is 0 Å². The van der Waals surface area contributed by atoms with Crippen LogP contribution in [0.15, 0.2) is 30.3 Å². The van der Waals surface area contributed by atoms with Gasteiger partial charge in [-0.25, -0.2) is 4.79 Å². The fourth-order valence-electron chi connectivity index (χ4n) is 1.41. The molecule has 0 spiro atoms. The van der Waals surface area contributed by atoms with Crippen molar-refractivity contribution in [3.05, 3.63) is 35.9 Å². The maximum atomic E-state index is 11.5. The third-order valence-corrected chi connectivity index (χ3v) is 2.35. The Balaban J connectivity index is 2.45. The summed E-state index contributed by atoms with van der Waals surface area (Å²) in [5.74, 6) is -1.53. The molecule has 1 rings (SSSR count). The van der Waals surface area contributed by atoms with E-state index >= 15 is 0 Å². The fraction of sp³-hybridized carbons (Fsp3) is 0.250. The Labute approximate surface area is 110 Å². The lowest BCUT2D eigenvalue weighted by Crippen LogP contribution is -2.49. The normalized spacial score (nSPS) is 11.4. The van der Waals surface area contributed by atoms with Gasteiger partial charge in [-0.15, -0.1) is 0 Å². The topological polar surface area (TPSA) is 127 Å². The molecule has 19 heavy (non-hydrogen) atoms. The van der Waals surface area contributed by atoms with Crippen LogP contribution in [0.2, 0.25) is 0 Å². The van der Waals surface area contributed by atoms with Crippen molar-refractivity contribution < 1.29 is 14.4 Å². The molecule has 0 aromatic heterocycles. The molecule has 1 atom stereocenters. The standard InChI is InChI=1S/C12H16N4O3/c13-10(17)6-9(11(14)18)16-12(19)15-7-8-4-2-1-3-5-8/h1-5,9H,6-7H2,(H2,13,17)(H2,14,18)(H2,15,16,19). The zero-order valence-corrected chi connectivity index (χ0v) is 10.3. The molecule has 4 amide bonds. The second-order valence-corrected chi connectivity index (χ2v) is 3.94. The lowest BCUT2D eigenvalue weighted by atomic mass is 10.2. The number of benzene rings is 1. The number of primary amides is 2. The number of rotatable bonds is 6. The summed E-state index contributed by atoms with van der Waals surface area (Å²) in [6, 6.07) is 7.54. The molecule has 0 saturated carbocycles. The summed E-state index contributed by atoms with van der Waals surface area (Å²) in [4.78, 5) is 33.3. The van der Waals surface area contributed by atoms with Gasteiger partial charge in [0.1, 0.15) is 6.04 Å². The number of hydrogen-bond donors (Lipinski definition) is 4. The summed E-state index contributed by atoms with van der Waals surface area (Å²) in [6.45, 7) is 0.300. The lowest BCUT2D eigenvalue weighted by molar-refractivity contribution is -0.124. The average Bonchev–Trinajstić information content (AvgIpc) is 2.36. The molecule has 0 bridgehead atoms. The molecule has 6 N–H and O–H groups in total. The molecule has 1 unspecified atom stereocenters. The van der Waals surface area contributed by atoms with Crippen LogP contribution in [0.1, 0.15) is 12.0 Å². The van der Waals surface area contributed by atoms with Crippen molar-refractivity contribution in [3.8, 4) is 0 Å². The summed E-state index contributed by atoms with van der Waals surface area (Å²) in [6.07, 6.45) is -0.325. The van der Waals surface area contributed by atoms with Crippen molar-refractivity contribution in [2.24, 2.45) is 11.5 Å². The first-order valence-corrected chi connectivity index (χ1v) is 5.65. The van der Waals surface area contributed by atoms with Gasteiger partial charge in [0.15, 0.2) is 0 Å². The minimum absolute atomic E-state index is 0.300. The van der Waals surface area contributed by atoms with Crippen LogP contribution in [0.3, 0.4) is 0 Å². The molecule has 0 fully saturated rings. The molecule has 1 aromatic rings. The number of hydrogen-bond acceptors (Lipinski definition) is 3. The van der Waals surface area contributed by atoms with Crippen LogP contribution in [0.5, 0.6) is 0 Å². The van der Waals surface area contributed by atoms with Crippen LogP contribution in [-0.2, 0) is 16.1 Å². The maximum absolute atomic E-state index is 11.5. The van der Waals surface area contributed by atoms with Crippen LogP contribution >= 0.6 is 0 Å². The largest absolute Gasteiger partial charge is 0.370 e. The maximum Gasteiger partial charge on any atom is 0.315 e. The molecule has 0 aliphatic heterocycles. The Kier molecular flexibility index (Phi) is 5.34. The van der Waals surface area contributed by atoms with Crippen LogP contribution in [0.25, 0.3) is 0 Å². The highest BCUT2D eigenvalue weighted by molar-refractivity contribution is 5.90. The molecule has 0 aliphatic carbocycles. The summed E-state index contributed by atoms with van der Waals surface area (Å²) in [5, 5.41) is 4.84. The number of carbonyl (C=O) groups is 3. The number of nitrogens with one attached hydrogen (secondary N) is 2. The second-order valence-electron chi connectivity index (χ2n) is 3.94. The lowest BCUT2D eigenvalue weighted by Gasteiger charge is -2.14. The summed E-state index contributed by atoms with van der Waals surface area (Å²) in [7, 11) is 0. The van der Waals surface area contributed by atoms with Crippen LogP contribution in [0.4, 0.5) is 4.79 Å². The van der Waals surface area contributed by atoms with Crippen LogP contribution < -0.4 is 22.1 Å². The average molecular weight is 264 g/mol. The SMILES string of the molecule is NC(=O)CC(NC(=O)NCc1ccccc1)C(N)=O. The van der Waals surface area contributed by atoms with Crippen molar-refractivity contribution in [3.63, 3.8) is 0 Å². The zero-order chi connectivity index (χ0) is 14.3. The van der Waals surface area contributed by atoms with E-state index in [2.05, 4.69) is 10.6 Å². The van der Waals surface area contributed by atoms with Crippen molar-refractivity contribution in [2.45, 2.75) is 19.0 Å². The Morgan fingerprint density at radius 1 is 1.11 bits per heavy atom. The van der Waals surface area contributed by atoms with E-state index in [4.69, 9.17) is 11.5 Å². The highest BCUT2D eigenvalue weighted by atomic mass is 16.2. The predicted molar refractivity (Wildman–Crippen MR) is 68.6 cm³/mol. The molecule has 7 nitrogen and oxygen atoms in total. The quantitative estimate of drug-likeness (QED) is 0.538. The van der Waals surface area contributed by atoms with Crippen LogP contribution in [-0.4, -0.2) is 23.9 Å². The van der Waals surface area contributed by atoms with Gasteiger partial charge in [-0.3, -0.25) is 9.59 Å². The first-order chi connectivity index (χ1) is 8.99. The fourth-order valence-corrected chi connectivity index (χ4v) is 1.41. The van der Waals surface area contributed by atoms with E-state index in [-0.39, 0.29) is 6.42 Å². The second kappa shape index (κ2) is 7.00. The molecule has 0 radical (unpaired) electrons. The van der Waals surface area contributed by atoms with Gasteiger partial charge in [-0.2, -0.15) is 0 Å². The molecule has 0 aliphatic rings. The molecule has 1 aromatic carbocycles. The predicted octanol–water partition coefficient (Wildman–Crippen LogP) is -0.785. The third-order valence-electron chi connectivity index (χ3n) is 2.35. The molecular weight excluding hydrogens is 248 g/mol. The van der Waals surface area contributed by atoms with E-state index in [9.17, 15) is 14.4 Å². The van der Waals surface area contributed by atoms with E-state index < -0.39 is 23.9 Å². The Morgan fingerprint density at radius 3 is 2.26 bits per heavy atom. The van der Waals surface area contributed by atoms with Gasteiger partial charge in [0, 0.05) is 6.54 Å². The van der Waals surface area contributed by atoms with E-state index in [0.29, 0.717) is 6.54 Å².